The van der Waals surface area contributed by atoms with Crippen molar-refractivity contribution in [1.29, 1.82) is 0 Å². The van der Waals surface area contributed by atoms with Crippen molar-refractivity contribution < 1.29 is 4.79 Å². The number of aromatic nitrogens is 2. The monoisotopic (exact) mass is 406 g/mol. The zero-order valence-electron chi connectivity index (χ0n) is 16.7. The Hall–Kier alpha value is -2.73. The van der Waals surface area contributed by atoms with Crippen LogP contribution in [0.4, 0.5) is 5.13 Å². The Bertz CT molecular complexity index is 928. The first-order valence-electron chi connectivity index (χ1n) is 10.1. The van der Waals surface area contributed by atoms with E-state index in [0.717, 1.165) is 43.4 Å². The van der Waals surface area contributed by atoms with Gasteiger partial charge in [0, 0.05) is 50.1 Å². The van der Waals surface area contributed by atoms with Gasteiger partial charge in [-0.3, -0.25) is 4.79 Å². The minimum Gasteiger partial charge on any atom is -0.343 e. The van der Waals surface area contributed by atoms with Gasteiger partial charge < -0.3 is 9.80 Å². The first-order valence-corrected chi connectivity index (χ1v) is 10.9. The Morgan fingerprint density at radius 2 is 1.72 bits per heavy atom. The number of aryl methyl sites for hydroxylation is 1. The molecule has 1 aromatic heterocycles. The van der Waals surface area contributed by atoms with E-state index >= 15 is 0 Å². The Kier molecular flexibility index (Phi) is 6.20. The largest absolute Gasteiger partial charge is 0.343 e. The van der Waals surface area contributed by atoms with Gasteiger partial charge in [0.05, 0.1) is 0 Å². The zero-order chi connectivity index (χ0) is 20.1. The lowest BCUT2D eigenvalue weighted by atomic mass is 10.1. The molecular formula is C23H26N4OS. The lowest BCUT2D eigenvalue weighted by molar-refractivity contribution is -0.133. The van der Waals surface area contributed by atoms with Crippen molar-refractivity contribution in [3.05, 3.63) is 77.6 Å². The van der Waals surface area contributed by atoms with E-state index in [9.17, 15) is 4.79 Å². The molecule has 4 rings (SSSR count). The van der Waals surface area contributed by atoms with Crippen LogP contribution >= 0.6 is 11.5 Å². The van der Waals surface area contributed by atoms with Crippen molar-refractivity contribution in [1.82, 2.24) is 14.3 Å². The molecule has 0 unspecified atom stereocenters. The fraction of sp³-hybridized carbons (Fsp3) is 0.348. The second kappa shape index (κ2) is 9.18. The highest BCUT2D eigenvalue weighted by atomic mass is 32.1. The minimum atomic E-state index is 0.175. The Morgan fingerprint density at radius 1 is 1.03 bits per heavy atom. The zero-order valence-corrected chi connectivity index (χ0v) is 17.5. The molecule has 0 radical (unpaired) electrons. The van der Waals surface area contributed by atoms with Crippen molar-refractivity contribution in [2.24, 2.45) is 0 Å². The smallest absolute Gasteiger partial charge is 0.223 e. The summed E-state index contributed by atoms with van der Waals surface area (Å²) in [4.78, 5) is 21.7. The maximum absolute atomic E-state index is 12.7. The average molecular weight is 407 g/mol. The summed E-state index contributed by atoms with van der Waals surface area (Å²) >= 11 is 1.46. The van der Waals surface area contributed by atoms with Gasteiger partial charge in [-0.2, -0.15) is 4.37 Å². The van der Waals surface area contributed by atoms with E-state index in [-0.39, 0.29) is 11.9 Å². The molecule has 1 amide bonds. The topological polar surface area (TPSA) is 49.3 Å². The molecule has 0 spiro atoms. The Balaban J connectivity index is 1.31. The van der Waals surface area contributed by atoms with E-state index in [1.165, 1.54) is 22.7 Å². The molecule has 3 aromatic rings. The third-order valence-electron chi connectivity index (χ3n) is 5.35. The van der Waals surface area contributed by atoms with Crippen LogP contribution in [0.3, 0.4) is 0 Å². The van der Waals surface area contributed by atoms with Crippen LogP contribution in [-0.4, -0.2) is 45.8 Å². The van der Waals surface area contributed by atoms with Gasteiger partial charge in [0.1, 0.15) is 5.82 Å². The number of benzene rings is 2. The van der Waals surface area contributed by atoms with Gasteiger partial charge >= 0.3 is 0 Å². The van der Waals surface area contributed by atoms with Crippen molar-refractivity contribution in [2.75, 3.05) is 24.5 Å². The summed E-state index contributed by atoms with van der Waals surface area (Å²) in [5.74, 6) is 1.10. The Morgan fingerprint density at radius 3 is 2.41 bits per heavy atom. The molecular weight excluding hydrogens is 380 g/mol. The van der Waals surface area contributed by atoms with E-state index in [1.54, 1.807) is 0 Å². The summed E-state index contributed by atoms with van der Waals surface area (Å²) in [5.41, 5.74) is 2.44. The van der Waals surface area contributed by atoms with Gasteiger partial charge in [-0.25, -0.2) is 4.98 Å². The maximum atomic E-state index is 12.7. The van der Waals surface area contributed by atoms with Crippen LogP contribution < -0.4 is 4.90 Å². The van der Waals surface area contributed by atoms with Crippen LogP contribution in [0.2, 0.25) is 0 Å². The predicted octanol–water partition coefficient (Wildman–Crippen LogP) is 3.80. The minimum absolute atomic E-state index is 0.175. The molecule has 1 fully saturated rings. The molecule has 29 heavy (non-hydrogen) atoms. The number of nitrogens with zero attached hydrogens (tertiary/aromatic N) is 4. The number of carbonyl (C=O) groups is 1. The molecule has 1 saturated heterocycles. The molecule has 6 heteroatoms. The van der Waals surface area contributed by atoms with Gasteiger partial charge in [-0.05, 0) is 24.5 Å². The number of piperazine rings is 1. The average Bonchev–Trinajstić information content (AvgIpc) is 3.22. The molecule has 5 nitrogen and oxygen atoms in total. The van der Waals surface area contributed by atoms with Crippen LogP contribution in [0.25, 0.3) is 0 Å². The molecule has 2 heterocycles. The fourth-order valence-corrected chi connectivity index (χ4v) is 4.48. The van der Waals surface area contributed by atoms with Crippen molar-refractivity contribution >= 4 is 22.6 Å². The van der Waals surface area contributed by atoms with Crippen LogP contribution in [0.1, 0.15) is 30.3 Å². The van der Waals surface area contributed by atoms with E-state index < -0.39 is 0 Å². The third-order valence-corrected chi connectivity index (χ3v) is 6.17. The van der Waals surface area contributed by atoms with E-state index in [0.29, 0.717) is 6.42 Å². The first kappa shape index (κ1) is 19.6. The summed E-state index contributed by atoms with van der Waals surface area (Å²) < 4.78 is 4.54. The summed E-state index contributed by atoms with van der Waals surface area (Å²) in [6, 6.07) is 20.7. The molecule has 0 bridgehead atoms. The van der Waals surface area contributed by atoms with Crippen molar-refractivity contribution in [3.63, 3.8) is 0 Å². The third kappa shape index (κ3) is 5.01. The van der Waals surface area contributed by atoms with Crippen LogP contribution in [0, 0.1) is 0 Å². The van der Waals surface area contributed by atoms with Gasteiger partial charge in [-0.1, -0.05) is 60.7 Å². The van der Waals surface area contributed by atoms with Gasteiger partial charge in [0.2, 0.25) is 11.0 Å². The van der Waals surface area contributed by atoms with E-state index in [4.69, 9.17) is 4.98 Å². The SMILES string of the molecule is C[C@@H]1CN(c2nc(Cc3ccccc3)ns2)CCN1C(=O)CCc1ccccc1. The van der Waals surface area contributed by atoms with Crippen LogP contribution in [0.15, 0.2) is 60.7 Å². The van der Waals surface area contributed by atoms with Gasteiger partial charge in [0.25, 0.3) is 0 Å². The second-order valence-corrected chi connectivity index (χ2v) is 8.25. The van der Waals surface area contributed by atoms with Gasteiger partial charge in [-0.15, -0.1) is 0 Å². The highest BCUT2D eigenvalue weighted by molar-refractivity contribution is 7.09. The van der Waals surface area contributed by atoms with Crippen molar-refractivity contribution in [3.8, 4) is 0 Å². The lowest BCUT2D eigenvalue weighted by Crippen LogP contribution is -2.54. The standard InChI is InChI=1S/C23H26N4OS/c1-18-17-26(23-24-21(25-29-23)16-20-10-6-3-7-11-20)14-15-27(18)22(28)13-12-19-8-4-2-5-9-19/h2-11,18H,12-17H2,1H3/t18-/m1/s1. The first-order chi connectivity index (χ1) is 14.2. The van der Waals surface area contributed by atoms with Crippen LogP contribution in [0.5, 0.6) is 0 Å². The van der Waals surface area contributed by atoms with E-state index in [1.807, 2.05) is 41.3 Å². The summed E-state index contributed by atoms with van der Waals surface area (Å²) in [7, 11) is 0. The number of rotatable bonds is 6. The highest BCUT2D eigenvalue weighted by Gasteiger charge is 2.28. The lowest BCUT2D eigenvalue weighted by Gasteiger charge is -2.39. The molecule has 0 aliphatic carbocycles. The van der Waals surface area contributed by atoms with Gasteiger partial charge in [0.15, 0.2) is 0 Å². The number of hydrogen-bond acceptors (Lipinski definition) is 5. The molecule has 0 N–H and O–H groups in total. The molecule has 1 aliphatic heterocycles. The van der Waals surface area contributed by atoms with E-state index in [2.05, 4.69) is 40.5 Å². The molecule has 1 aliphatic rings. The number of hydrogen-bond donors (Lipinski definition) is 0. The summed E-state index contributed by atoms with van der Waals surface area (Å²) in [6.07, 6.45) is 2.12. The molecule has 2 aromatic carbocycles. The second-order valence-electron chi connectivity index (χ2n) is 7.52. The summed E-state index contributed by atoms with van der Waals surface area (Å²) in [6.45, 7) is 4.47. The number of amides is 1. The molecule has 0 saturated carbocycles. The van der Waals surface area contributed by atoms with Crippen molar-refractivity contribution in [2.45, 2.75) is 32.2 Å². The number of carbonyl (C=O) groups excluding carboxylic acids is 1. The quantitative estimate of drug-likeness (QED) is 0.625. The molecule has 150 valence electrons. The highest BCUT2D eigenvalue weighted by Crippen LogP contribution is 2.23. The summed E-state index contributed by atoms with van der Waals surface area (Å²) in [5, 5.41) is 0.958. The molecule has 1 atom stereocenters. The fourth-order valence-electron chi connectivity index (χ4n) is 3.76. The predicted molar refractivity (Wildman–Crippen MR) is 117 cm³/mol. The number of anilines is 1. The Labute approximate surface area is 176 Å². The normalized spacial score (nSPS) is 16.8. The maximum Gasteiger partial charge on any atom is 0.223 e. The van der Waals surface area contributed by atoms with Crippen LogP contribution in [-0.2, 0) is 17.6 Å².